The van der Waals surface area contributed by atoms with Crippen LogP contribution in [0.3, 0.4) is 0 Å². The van der Waals surface area contributed by atoms with E-state index in [1.54, 1.807) is 0 Å². The molecular weight excluding hydrogens is 242 g/mol. The normalized spacial score (nSPS) is 16.8. The molecule has 0 N–H and O–H groups in total. The van der Waals surface area contributed by atoms with Crippen LogP contribution in [-0.4, -0.2) is 37.9 Å². The van der Waals surface area contributed by atoms with Crippen molar-refractivity contribution in [2.75, 3.05) is 13.1 Å². The molecule has 1 aliphatic heterocycles. The number of likely N-dealkylation sites (tertiary alicyclic amines) is 1. The standard InChI is InChI=1S/C13H19N5O/c1-4-13-14-12(16-19-13)8-17-6-11(7-17)18-10(3)5-9(2)15-18/h5,11H,4,6-8H2,1-3H3. The molecule has 0 saturated carbocycles. The number of aromatic nitrogens is 4. The van der Waals surface area contributed by atoms with Crippen molar-refractivity contribution in [1.29, 1.82) is 0 Å². The minimum atomic E-state index is 0.478. The molecule has 0 aliphatic carbocycles. The first-order valence-electron chi connectivity index (χ1n) is 6.72. The highest BCUT2D eigenvalue weighted by atomic mass is 16.5. The zero-order valence-electron chi connectivity index (χ0n) is 11.6. The van der Waals surface area contributed by atoms with E-state index in [4.69, 9.17) is 4.52 Å². The quantitative estimate of drug-likeness (QED) is 0.834. The maximum absolute atomic E-state index is 5.11. The van der Waals surface area contributed by atoms with E-state index in [1.807, 2.05) is 13.8 Å². The second-order valence-electron chi connectivity index (χ2n) is 5.18. The van der Waals surface area contributed by atoms with Crippen molar-refractivity contribution in [2.24, 2.45) is 0 Å². The fraction of sp³-hybridized carbons (Fsp3) is 0.615. The van der Waals surface area contributed by atoms with Gasteiger partial charge in [0.25, 0.3) is 0 Å². The third-order valence-corrected chi connectivity index (χ3v) is 3.51. The summed E-state index contributed by atoms with van der Waals surface area (Å²) in [6.45, 7) is 8.91. The Morgan fingerprint density at radius 3 is 2.74 bits per heavy atom. The smallest absolute Gasteiger partial charge is 0.226 e. The van der Waals surface area contributed by atoms with Gasteiger partial charge in [-0.25, -0.2) is 0 Å². The van der Waals surface area contributed by atoms with E-state index in [9.17, 15) is 0 Å². The van der Waals surface area contributed by atoms with Crippen molar-refractivity contribution in [1.82, 2.24) is 24.8 Å². The predicted molar refractivity (Wildman–Crippen MR) is 69.7 cm³/mol. The topological polar surface area (TPSA) is 60.0 Å². The van der Waals surface area contributed by atoms with Gasteiger partial charge in [0.15, 0.2) is 5.82 Å². The molecule has 1 saturated heterocycles. The monoisotopic (exact) mass is 261 g/mol. The van der Waals surface area contributed by atoms with Gasteiger partial charge >= 0.3 is 0 Å². The van der Waals surface area contributed by atoms with Crippen LogP contribution in [0.2, 0.25) is 0 Å². The van der Waals surface area contributed by atoms with Gasteiger partial charge in [-0.2, -0.15) is 10.1 Å². The van der Waals surface area contributed by atoms with Crippen molar-refractivity contribution in [3.8, 4) is 0 Å². The van der Waals surface area contributed by atoms with Crippen LogP contribution in [-0.2, 0) is 13.0 Å². The molecule has 19 heavy (non-hydrogen) atoms. The minimum absolute atomic E-state index is 0.478. The van der Waals surface area contributed by atoms with Gasteiger partial charge in [0, 0.05) is 25.2 Å². The van der Waals surface area contributed by atoms with Crippen LogP contribution in [0.25, 0.3) is 0 Å². The molecule has 3 heterocycles. The van der Waals surface area contributed by atoms with Crippen LogP contribution in [0.1, 0.15) is 36.1 Å². The van der Waals surface area contributed by atoms with E-state index in [2.05, 4.69) is 37.8 Å². The number of hydrogen-bond acceptors (Lipinski definition) is 5. The summed E-state index contributed by atoms with van der Waals surface area (Å²) in [5.74, 6) is 1.49. The first-order chi connectivity index (χ1) is 9.15. The summed E-state index contributed by atoms with van der Waals surface area (Å²) in [5, 5.41) is 8.51. The van der Waals surface area contributed by atoms with Gasteiger partial charge in [0.05, 0.1) is 18.3 Å². The lowest BCUT2D eigenvalue weighted by Gasteiger charge is -2.38. The maximum atomic E-state index is 5.11. The van der Waals surface area contributed by atoms with Gasteiger partial charge in [0.2, 0.25) is 5.89 Å². The predicted octanol–water partition coefficient (Wildman–Crippen LogP) is 1.50. The zero-order chi connectivity index (χ0) is 13.4. The van der Waals surface area contributed by atoms with Gasteiger partial charge < -0.3 is 4.52 Å². The zero-order valence-corrected chi connectivity index (χ0v) is 11.6. The summed E-state index contributed by atoms with van der Waals surface area (Å²) in [6, 6.07) is 2.60. The van der Waals surface area contributed by atoms with Crippen LogP contribution in [0.4, 0.5) is 0 Å². The molecule has 0 aromatic carbocycles. The molecule has 1 aliphatic rings. The van der Waals surface area contributed by atoms with E-state index in [1.165, 1.54) is 5.69 Å². The second kappa shape index (κ2) is 4.77. The van der Waals surface area contributed by atoms with Gasteiger partial charge in [0.1, 0.15) is 0 Å². The van der Waals surface area contributed by atoms with Gasteiger partial charge in [-0.1, -0.05) is 12.1 Å². The van der Waals surface area contributed by atoms with Crippen LogP contribution < -0.4 is 0 Å². The fourth-order valence-corrected chi connectivity index (χ4v) is 2.54. The van der Waals surface area contributed by atoms with Crippen LogP contribution in [0.15, 0.2) is 10.6 Å². The molecule has 0 atom stereocenters. The molecule has 3 rings (SSSR count). The second-order valence-corrected chi connectivity index (χ2v) is 5.18. The van der Waals surface area contributed by atoms with Crippen molar-refractivity contribution in [3.05, 3.63) is 29.2 Å². The average Bonchev–Trinajstić information content (AvgIpc) is 2.90. The lowest BCUT2D eigenvalue weighted by molar-refractivity contribution is 0.0857. The molecule has 0 bridgehead atoms. The Labute approximate surface area is 112 Å². The maximum Gasteiger partial charge on any atom is 0.226 e. The average molecular weight is 261 g/mol. The van der Waals surface area contributed by atoms with Crippen molar-refractivity contribution in [3.63, 3.8) is 0 Å². The van der Waals surface area contributed by atoms with E-state index in [0.29, 0.717) is 11.9 Å². The van der Waals surface area contributed by atoms with E-state index >= 15 is 0 Å². The number of aryl methyl sites for hydroxylation is 3. The summed E-state index contributed by atoms with van der Waals surface area (Å²) in [7, 11) is 0. The molecule has 6 nitrogen and oxygen atoms in total. The van der Waals surface area contributed by atoms with E-state index in [-0.39, 0.29) is 0 Å². The molecule has 102 valence electrons. The Morgan fingerprint density at radius 1 is 1.37 bits per heavy atom. The summed E-state index contributed by atoms with van der Waals surface area (Å²) < 4.78 is 7.24. The summed E-state index contributed by atoms with van der Waals surface area (Å²) in [6.07, 6.45) is 0.793. The fourth-order valence-electron chi connectivity index (χ4n) is 2.54. The van der Waals surface area contributed by atoms with Crippen LogP contribution >= 0.6 is 0 Å². The van der Waals surface area contributed by atoms with E-state index in [0.717, 1.165) is 37.6 Å². The summed E-state index contributed by atoms with van der Waals surface area (Å²) >= 11 is 0. The third-order valence-electron chi connectivity index (χ3n) is 3.51. The Hall–Kier alpha value is -1.69. The van der Waals surface area contributed by atoms with Gasteiger partial charge in [-0.05, 0) is 19.9 Å². The molecule has 0 radical (unpaired) electrons. The first kappa shape index (κ1) is 12.3. The Morgan fingerprint density at radius 2 is 2.16 bits per heavy atom. The summed E-state index contributed by atoms with van der Waals surface area (Å²) in [5.41, 5.74) is 2.32. The van der Waals surface area contributed by atoms with Crippen molar-refractivity contribution < 1.29 is 4.52 Å². The molecule has 0 unspecified atom stereocenters. The highest BCUT2D eigenvalue weighted by Gasteiger charge is 2.30. The lowest BCUT2D eigenvalue weighted by Crippen LogP contribution is -2.47. The lowest BCUT2D eigenvalue weighted by atomic mass is 10.1. The molecule has 6 heteroatoms. The summed E-state index contributed by atoms with van der Waals surface area (Å²) in [4.78, 5) is 6.64. The molecule has 0 spiro atoms. The number of rotatable bonds is 4. The molecule has 1 fully saturated rings. The minimum Gasteiger partial charge on any atom is -0.339 e. The SMILES string of the molecule is CCc1nc(CN2CC(n3nc(C)cc3C)C2)no1. The molecule has 0 amide bonds. The van der Waals surface area contributed by atoms with Gasteiger partial charge in [-0.15, -0.1) is 0 Å². The van der Waals surface area contributed by atoms with Crippen LogP contribution in [0, 0.1) is 13.8 Å². The Kier molecular flexibility index (Phi) is 3.10. The molecule has 2 aromatic heterocycles. The first-order valence-corrected chi connectivity index (χ1v) is 6.72. The molecular formula is C13H19N5O. The Bertz CT molecular complexity index is 567. The van der Waals surface area contributed by atoms with Crippen molar-refractivity contribution in [2.45, 2.75) is 39.8 Å². The molecule has 2 aromatic rings. The highest BCUT2D eigenvalue weighted by Crippen LogP contribution is 2.23. The third kappa shape index (κ3) is 2.40. The van der Waals surface area contributed by atoms with E-state index < -0.39 is 0 Å². The Balaban J connectivity index is 1.56. The number of nitrogens with zero attached hydrogens (tertiary/aromatic N) is 5. The van der Waals surface area contributed by atoms with Crippen LogP contribution in [0.5, 0.6) is 0 Å². The van der Waals surface area contributed by atoms with Gasteiger partial charge in [-0.3, -0.25) is 9.58 Å². The van der Waals surface area contributed by atoms with Crippen molar-refractivity contribution >= 4 is 0 Å². The number of hydrogen-bond donors (Lipinski definition) is 0. The highest BCUT2D eigenvalue weighted by molar-refractivity contribution is 5.09. The largest absolute Gasteiger partial charge is 0.339 e.